The molecule has 128 valence electrons. The normalized spacial score (nSPS) is 28.0. The summed E-state index contributed by atoms with van der Waals surface area (Å²) >= 11 is 0. The molecule has 0 radical (unpaired) electrons. The van der Waals surface area contributed by atoms with Gasteiger partial charge in [-0.3, -0.25) is 18.9 Å². The molecule has 1 aromatic heterocycles. The first-order valence-electron chi connectivity index (χ1n) is 6.22. The fourth-order valence-electron chi connectivity index (χ4n) is 2.15. The minimum Gasteiger partial charge on any atom is -0.387 e. The molecule has 13 heteroatoms. The smallest absolute Gasteiger partial charge is 0.387 e. The molecule has 6 N–H and O–H groups in total. The Hall–Kier alpha value is -1.66. The quantitative estimate of drug-likeness (QED) is 0.241. The summed E-state index contributed by atoms with van der Waals surface area (Å²) in [6.07, 6.45) is -5.39. The molecule has 2 rings (SSSR count). The number of aromatic amines is 1. The van der Waals surface area contributed by atoms with Gasteiger partial charge in [0.2, 0.25) is 0 Å². The summed E-state index contributed by atoms with van der Waals surface area (Å²) in [5.41, 5.74) is -1.94. The molecule has 1 aliphatic rings. The minimum absolute atomic E-state index is 0.188. The van der Waals surface area contributed by atoms with Crippen LogP contribution < -0.4 is 11.2 Å². The largest absolute Gasteiger partial charge is 0.469 e. The van der Waals surface area contributed by atoms with Gasteiger partial charge < -0.3 is 30.1 Å². The third-order valence-electron chi connectivity index (χ3n) is 3.15. The van der Waals surface area contributed by atoms with Crippen molar-refractivity contribution in [1.82, 2.24) is 9.55 Å². The van der Waals surface area contributed by atoms with Gasteiger partial charge in [0, 0.05) is 12.3 Å². The summed E-state index contributed by atoms with van der Waals surface area (Å²) in [7, 11) is -4.81. The van der Waals surface area contributed by atoms with E-state index in [0.29, 0.717) is 6.21 Å². The average molecular weight is 351 g/mol. The lowest BCUT2D eigenvalue weighted by Gasteiger charge is -2.19. The predicted octanol–water partition coefficient (Wildman–Crippen LogP) is -2.74. The molecule has 12 nitrogen and oxygen atoms in total. The molecule has 0 amide bonds. The van der Waals surface area contributed by atoms with Gasteiger partial charge >= 0.3 is 13.5 Å². The van der Waals surface area contributed by atoms with Crippen LogP contribution in [0.25, 0.3) is 0 Å². The fourth-order valence-corrected chi connectivity index (χ4v) is 2.49. The molecule has 23 heavy (non-hydrogen) atoms. The zero-order chi connectivity index (χ0) is 17.4. The van der Waals surface area contributed by atoms with Crippen molar-refractivity contribution in [2.75, 3.05) is 6.61 Å². The van der Waals surface area contributed by atoms with E-state index in [-0.39, 0.29) is 5.69 Å². The number of aliphatic hydroxyl groups excluding tert-OH is 2. The van der Waals surface area contributed by atoms with E-state index in [1.54, 1.807) is 0 Å². The number of phosphoric acid groups is 1. The second-order valence-corrected chi connectivity index (χ2v) is 5.95. The summed E-state index contributed by atoms with van der Waals surface area (Å²) in [6.45, 7) is -0.739. The summed E-state index contributed by atoms with van der Waals surface area (Å²) in [6, 6.07) is 0.913. The van der Waals surface area contributed by atoms with Crippen LogP contribution in [0.15, 0.2) is 15.7 Å². The number of nitrogens with one attached hydrogen (secondary N) is 2. The van der Waals surface area contributed by atoms with Crippen molar-refractivity contribution in [3.63, 3.8) is 0 Å². The maximum Gasteiger partial charge on any atom is 0.469 e. The van der Waals surface area contributed by atoms with E-state index in [1.807, 2.05) is 4.98 Å². The number of ether oxygens (including phenoxy) is 1. The van der Waals surface area contributed by atoms with Crippen molar-refractivity contribution in [1.29, 1.82) is 5.41 Å². The lowest BCUT2D eigenvalue weighted by Crippen LogP contribution is -2.39. The van der Waals surface area contributed by atoms with Gasteiger partial charge in [-0.05, 0) is 0 Å². The molecule has 1 aliphatic heterocycles. The molecular weight excluding hydrogens is 337 g/mol. The van der Waals surface area contributed by atoms with Crippen LogP contribution in [0.4, 0.5) is 0 Å². The SMILES string of the molecule is N=Cc1cc(=O)[nH]c(=O)n1[C@@H]1O[C@H](COP(=O)(O)O)[C@@H](O)[C@H]1O. The van der Waals surface area contributed by atoms with Crippen molar-refractivity contribution in [3.8, 4) is 0 Å². The molecule has 0 aliphatic carbocycles. The number of H-pyrrole nitrogens is 1. The van der Waals surface area contributed by atoms with Gasteiger partial charge in [-0.25, -0.2) is 9.36 Å². The number of hydrogen-bond donors (Lipinski definition) is 6. The first-order valence-corrected chi connectivity index (χ1v) is 7.75. The van der Waals surface area contributed by atoms with Crippen molar-refractivity contribution < 1.29 is 33.8 Å². The summed E-state index contributed by atoms with van der Waals surface area (Å²) in [4.78, 5) is 42.3. The van der Waals surface area contributed by atoms with E-state index >= 15 is 0 Å². The monoisotopic (exact) mass is 351 g/mol. The highest BCUT2D eigenvalue weighted by Gasteiger charge is 2.45. The van der Waals surface area contributed by atoms with Crippen LogP contribution in [0.3, 0.4) is 0 Å². The number of hydrogen-bond acceptors (Lipinski definition) is 8. The number of nitrogens with zero attached hydrogens (tertiary/aromatic N) is 1. The Morgan fingerprint density at radius 1 is 1.39 bits per heavy atom. The molecule has 2 heterocycles. The topological polar surface area (TPSA) is 195 Å². The van der Waals surface area contributed by atoms with E-state index in [2.05, 4.69) is 4.52 Å². The maximum atomic E-state index is 11.9. The van der Waals surface area contributed by atoms with Crippen molar-refractivity contribution >= 4 is 14.0 Å². The average Bonchev–Trinajstić information content (AvgIpc) is 2.71. The molecule has 1 saturated heterocycles. The van der Waals surface area contributed by atoms with E-state index < -0.39 is 50.2 Å². The van der Waals surface area contributed by atoms with E-state index in [0.717, 1.165) is 10.6 Å². The van der Waals surface area contributed by atoms with E-state index in [4.69, 9.17) is 19.9 Å². The molecular formula is C10H14N3O9P. The Labute approximate surface area is 127 Å². The van der Waals surface area contributed by atoms with Gasteiger partial charge in [-0.15, -0.1) is 0 Å². The highest BCUT2D eigenvalue weighted by molar-refractivity contribution is 7.46. The molecule has 0 aromatic carbocycles. The third-order valence-corrected chi connectivity index (χ3v) is 3.64. The highest BCUT2D eigenvalue weighted by atomic mass is 31.2. The maximum absolute atomic E-state index is 11.9. The second-order valence-electron chi connectivity index (χ2n) is 4.71. The lowest BCUT2D eigenvalue weighted by molar-refractivity contribution is -0.0544. The number of aliphatic hydroxyl groups is 2. The van der Waals surface area contributed by atoms with Crippen LogP contribution >= 0.6 is 7.82 Å². The van der Waals surface area contributed by atoms with Gasteiger partial charge in [0.15, 0.2) is 6.23 Å². The zero-order valence-electron chi connectivity index (χ0n) is 11.4. The molecule has 0 spiro atoms. The molecule has 4 atom stereocenters. The summed E-state index contributed by atoms with van der Waals surface area (Å²) < 4.78 is 20.8. The van der Waals surface area contributed by atoms with Crippen molar-refractivity contribution in [3.05, 3.63) is 32.6 Å². The third kappa shape index (κ3) is 3.82. The van der Waals surface area contributed by atoms with Gasteiger partial charge in [0.25, 0.3) is 5.56 Å². The van der Waals surface area contributed by atoms with Crippen LogP contribution in [-0.2, 0) is 13.8 Å². The Bertz CT molecular complexity index is 753. The van der Waals surface area contributed by atoms with Crippen molar-refractivity contribution in [2.24, 2.45) is 0 Å². The predicted molar refractivity (Wildman–Crippen MR) is 73.1 cm³/mol. The van der Waals surface area contributed by atoms with Crippen LogP contribution in [-0.4, -0.2) is 60.7 Å². The van der Waals surface area contributed by atoms with Gasteiger partial charge in [0.05, 0.1) is 12.3 Å². The number of phosphoric ester groups is 1. The van der Waals surface area contributed by atoms with E-state index in [9.17, 15) is 24.4 Å². The van der Waals surface area contributed by atoms with Crippen LogP contribution in [0.5, 0.6) is 0 Å². The minimum atomic E-state index is -4.81. The Balaban J connectivity index is 2.32. The second kappa shape index (κ2) is 6.45. The molecule has 1 fully saturated rings. The van der Waals surface area contributed by atoms with Crippen LogP contribution in [0, 0.1) is 5.41 Å². The van der Waals surface area contributed by atoms with Gasteiger partial charge in [0.1, 0.15) is 18.3 Å². The van der Waals surface area contributed by atoms with Crippen LogP contribution in [0.1, 0.15) is 11.9 Å². The van der Waals surface area contributed by atoms with Gasteiger partial charge in [-0.1, -0.05) is 0 Å². The molecule has 0 unspecified atom stereocenters. The Kier molecular flexibility index (Phi) is 4.96. The molecule has 1 aromatic rings. The summed E-state index contributed by atoms with van der Waals surface area (Å²) in [5, 5.41) is 27.0. The molecule has 0 saturated carbocycles. The molecule has 0 bridgehead atoms. The Morgan fingerprint density at radius 2 is 2.04 bits per heavy atom. The zero-order valence-corrected chi connectivity index (χ0v) is 12.3. The first-order chi connectivity index (χ1) is 10.6. The lowest BCUT2D eigenvalue weighted by atomic mass is 10.1. The van der Waals surface area contributed by atoms with Crippen LogP contribution in [0.2, 0.25) is 0 Å². The van der Waals surface area contributed by atoms with Gasteiger partial charge in [-0.2, -0.15) is 0 Å². The number of rotatable bonds is 5. The van der Waals surface area contributed by atoms with E-state index in [1.165, 1.54) is 0 Å². The number of aromatic nitrogens is 2. The van der Waals surface area contributed by atoms with Crippen molar-refractivity contribution in [2.45, 2.75) is 24.5 Å². The Morgan fingerprint density at radius 3 is 2.61 bits per heavy atom. The summed E-state index contributed by atoms with van der Waals surface area (Å²) in [5.74, 6) is 0. The standard InChI is InChI=1S/C10H14N3O9P/c11-2-4-1-6(14)12-10(17)13(4)9-8(16)7(15)5(22-9)3-21-23(18,19)20/h1-2,5,7-9,11,15-16H,3H2,(H,12,14,17)(H2,18,19,20)/t5-,7-,8-,9-/m1/s1. The fraction of sp³-hybridized carbons (Fsp3) is 0.500. The first kappa shape index (κ1) is 17.7. The highest BCUT2D eigenvalue weighted by Crippen LogP contribution is 2.38.